The molecule has 3 saturated carbocycles. The van der Waals surface area contributed by atoms with Gasteiger partial charge in [0.15, 0.2) is 5.82 Å². The maximum atomic E-state index is 12.5. The Bertz CT molecular complexity index is 1550. The summed E-state index contributed by atoms with van der Waals surface area (Å²) in [6.07, 6.45) is 13.9. The highest BCUT2D eigenvalue weighted by atomic mass is 32.2. The molecule has 3 aromatic rings. The second kappa shape index (κ2) is 11.8. The van der Waals surface area contributed by atoms with E-state index in [4.69, 9.17) is 0 Å². The zero-order valence-electron chi connectivity index (χ0n) is 22.8. The molecular formula is C29H35N7O4S. The lowest BCUT2D eigenvalue weighted by Gasteiger charge is -2.27. The summed E-state index contributed by atoms with van der Waals surface area (Å²) in [6, 6.07) is 3.82. The fraction of sp³-hybridized carbons (Fsp3) is 0.517. The predicted molar refractivity (Wildman–Crippen MR) is 155 cm³/mol. The van der Waals surface area contributed by atoms with E-state index in [0.717, 1.165) is 66.7 Å². The van der Waals surface area contributed by atoms with Gasteiger partial charge in [0.25, 0.3) is 10.0 Å². The summed E-state index contributed by atoms with van der Waals surface area (Å²) >= 11 is 0. The Hall–Kier alpha value is -3.53. The summed E-state index contributed by atoms with van der Waals surface area (Å²) in [5.74, 6) is 7.91. The third-order valence-electron chi connectivity index (χ3n) is 8.02. The van der Waals surface area contributed by atoms with Crippen molar-refractivity contribution < 1.29 is 18.6 Å². The van der Waals surface area contributed by atoms with Gasteiger partial charge in [-0.2, -0.15) is 9.19 Å². The van der Waals surface area contributed by atoms with Crippen LogP contribution < -0.4 is 10.6 Å². The first-order chi connectivity index (χ1) is 19.8. The number of aliphatic hydroxyl groups excluding tert-OH is 2. The Balaban J connectivity index is 1.23. The molecule has 0 spiro atoms. The molecule has 3 aromatic heterocycles. The summed E-state index contributed by atoms with van der Waals surface area (Å²) < 4.78 is 26.0. The van der Waals surface area contributed by atoms with E-state index in [-0.39, 0.29) is 23.3 Å². The van der Waals surface area contributed by atoms with Crippen LogP contribution in [-0.2, 0) is 10.0 Å². The van der Waals surface area contributed by atoms with Crippen LogP contribution in [0.2, 0.25) is 0 Å². The minimum atomic E-state index is -3.47. The SMILES string of the molecule is O=S(=O)(C1CC1)n1cc(-c2nccc(Nc3cc(NC4CCC(O)CC4)c(C#C[C@@H]4CCCC[C@@H]4O)cn3)n2)cn1. The lowest BCUT2D eigenvalue weighted by atomic mass is 9.87. The Labute approximate surface area is 239 Å². The molecule has 0 radical (unpaired) electrons. The summed E-state index contributed by atoms with van der Waals surface area (Å²) in [6.45, 7) is 0. The molecule has 3 heterocycles. The van der Waals surface area contributed by atoms with Gasteiger partial charge in [-0.15, -0.1) is 0 Å². The standard InChI is InChI=1S/C29H35N7O4S/c37-23-9-7-22(8-10-23)33-25-15-28(31-16-20(25)6-5-19-3-1-2-4-26(19)38)34-27-13-14-30-29(35-27)21-17-32-36(18-21)41(39,40)24-11-12-24/h13-19,22-24,26,37-38H,1-4,7-12H2,(H2,30,31,33,34,35)/t19-,22?,23?,26-/m0/s1. The molecule has 3 aliphatic rings. The molecule has 0 bridgehead atoms. The van der Waals surface area contributed by atoms with Gasteiger partial charge in [0.2, 0.25) is 0 Å². The van der Waals surface area contributed by atoms with Crippen molar-refractivity contribution in [2.75, 3.05) is 10.6 Å². The minimum absolute atomic E-state index is 0.0395. The minimum Gasteiger partial charge on any atom is -0.393 e. The van der Waals surface area contributed by atoms with Crippen LogP contribution in [0.5, 0.6) is 0 Å². The van der Waals surface area contributed by atoms with E-state index in [1.165, 1.54) is 12.4 Å². The fourth-order valence-corrected chi connectivity index (χ4v) is 6.89. The third-order valence-corrected chi connectivity index (χ3v) is 10.1. The third kappa shape index (κ3) is 6.53. The number of anilines is 3. The van der Waals surface area contributed by atoms with Crippen molar-refractivity contribution in [3.8, 4) is 23.2 Å². The number of pyridine rings is 1. The lowest BCUT2D eigenvalue weighted by molar-refractivity contribution is 0.0970. The number of aromatic nitrogens is 5. The van der Waals surface area contributed by atoms with Crippen LogP contribution in [-0.4, -0.2) is 66.3 Å². The van der Waals surface area contributed by atoms with Gasteiger partial charge in [-0.3, -0.25) is 0 Å². The first-order valence-corrected chi connectivity index (χ1v) is 15.9. The van der Waals surface area contributed by atoms with E-state index >= 15 is 0 Å². The average molecular weight is 578 g/mol. The Morgan fingerprint density at radius 1 is 0.951 bits per heavy atom. The van der Waals surface area contributed by atoms with E-state index in [1.807, 2.05) is 6.07 Å². The van der Waals surface area contributed by atoms with Gasteiger partial charge in [-0.25, -0.2) is 23.4 Å². The molecule has 6 rings (SSSR count). The molecule has 2 atom stereocenters. The molecule has 0 aromatic carbocycles. The predicted octanol–water partition coefficient (Wildman–Crippen LogP) is 3.44. The summed E-state index contributed by atoms with van der Waals surface area (Å²) in [7, 11) is -3.47. The van der Waals surface area contributed by atoms with Gasteiger partial charge in [-0.05, 0) is 57.4 Å². The highest BCUT2D eigenvalue weighted by molar-refractivity contribution is 7.90. The zero-order valence-corrected chi connectivity index (χ0v) is 23.6. The van der Waals surface area contributed by atoms with E-state index < -0.39 is 16.1 Å². The molecule has 12 heteroatoms. The van der Waals surface area contributed by atoms with Crippen LogP contribution in [0.4, 0.5) is 17.3 Å². The van der Waals surface area contributed by atoms with Crippen LogP contribution in [0.25, 0.3) is 11.4 Å². The Morgan fingerprint density at radius 3 is 2.54 bits per heavy atom. The van der Waals surface area contributed by atoms with Gasteiger partial charge in [0, 0.05) is 30.4 Å². The second-order valence-corrected chi connectivity index (χ2v) is 13.3. The van der Waals surface area contributed by atoms with Crippen molar-refractivity contribution >= 4 is 27.3 Å². The monoisotopic (exact) mass is 577 g/mol. The lowest BCUT2D eigenvalue weighted by Crippen LogP contribution is -2.28. The molecular weight excluding hydrogens is 542 g/mol. The molecule has 11 nitrogen and oxygen atoms in total. The molecule has 0 amide bonds. The van der Waals surface area contributed by atoms with E-state index in [1.54, 1.807) is 18.5 Å². The van der Waals surface area contributed by atoms with Crippen LogP contribution in [0.1, 0.15) is 69.8 Å². The molecule has 41 heavy (non-hydrogen) atoms. The molecule has 4 N–H and O–H groups in total. The topological polar surface area (TPSA) is 155 Å². The number of rotatable bonds is 7. The normalized spacial score (nSPS) is 24.7. The van der Waals surface area contributed by atoms with Gasteiger partial charge >= 0.3 is 0 Å². The Morgan fingerprint density at radius 2 is 1.76 bits per heavy atom. The zero-order chi connectivity index (χ0) is 28.4. The first-order valence-electron chi connectivity index (χ1n) is 14.4. The number of nitrogens with one attached hydrogen (secondary N) is 2. The van der Waals surface area contributed by atoms with Crippen LogP contribution >= 0.6 is 0 Å². The summed E-state index contributed by atoms with van der Waals surface area (Å²) in [4.78, 5) is 13.4. The maximum absolute atomic E-state index is 12.5. The van der Waals surface area contributed by atoms with Crippen molar-refractivity contribution in [3.63, 3.8) is 0 Å². The summed E-state index contributed by atoms with van der Waals surface area (Å²) in [5, 5.41) is 30.8. The average Bonchev–Trinajstić information content (AvgIpc) is 3.72. The van der Waals surface area contributed by atoms with E-state index in [0.29, 0.717) is 35.9 Å². The largest absolute Gasteiger partial charge is 0.393 e. The van der Waals surface area contributed by atoms with Crippen molar-refractivity contribution in [2.45, 2.75) is 87.7 Å². The smallest absolute Gasteiger partial charge is 0.256 e. The van der Waals surface area contributed by atoms with Gasteiger partial charge in [0.1, 0.15) is 11.6 Å². The first kappa shape index (κ1) is 27.6. The molecule has 0 saturated heterocycles. The molecule has 0 unspecified atom stereocenters. The van der Waals surface area contributed by atoms with Crippen molar-refractivity contribution in [3.05, 3.63) is 42.5 Å². The van der Waals surface area contributed by atoms with Crippen LogP contribution in [0.15, 0.2) is 36.9 Å². The number of aliphatic hydroxyl groups is 2. The highest BCUT2D eigenvalue weighted by Gasteiger charge is 2.37. The van der Waals surface area contributed by atoms with E-state index in [2.05, 4.69) is 42.5 Å². The van der Waals surface area contributed by atoms with Gasteiger partial charge < -0.3 is 20.8 Å². The van der Waals surface area contributed by atoms with E-state index in [9.17, 15) is 18.6 Å². The van der Waals surface area contributed by atoms with Crippen molar-refractivity contribution in [1.29, 1.82) is 0 Å². The highest BCUT2D eigenvalue weighted by Crippen LogP contribution is 2.31. The maximum Gasteiger partial charge on any atom is 0.256 e. The van der Waals surface area contributed by atoms with Crippen molar-refractivity contribution in [2.24, 2.45) is 5.92 Å². The van der Waals surface area contributed by atoms with Gasteiger partial charge in [0.05, 0.1) is 46.7 Å². The number of hydrogen-bond donors (Lipinski definition) is 4. The molecule has 0 aliphatic heterocycles. The number of nitrogens with zero attached hydrogens (tertiary/aromatic N) is 5. The molecule has 3 aliphatic carbocycles. The fourth-order valence-electron chi connectivity index (χ4n) is 5.41. The number of hydrogen-bond acceptors (Lipinski definition) is 10. The van der Waals surface area contributed by atoms with Crippen molar-refractivity contribution in [1.82, 2.24) is 24.1 Å². The van der Waals surface area contributed by atoms with Gasteiger partial charge in [-0.1, -0.05) is 24.7 Å². The molecule has 216 valence electrons. The Kier molecular flexibility index (Phi) is 7.92. The molecule has 3 fully saturated rings. The van der Waals surface area contributed by atoms with Crippen LogP contribution in [0.3, 0.4) is 0 Å². The second-order valence-electron chi connectivity index (χ2n) is 11.2. The summed E-state index contributed by atoms with van der Waals surface area (Å²) in [5.41, 5.74) is 2.10. The quantitative estimate of drug-likeness (QED) is 0.307. The van der Waals surface area contributed by atoms with Crippen LogP contribution in [0, 0.1) is 17.8 Å².